The molecule has 8 nitrogen and oxygen atoms in total. The van der Waals surface area contributed by atoms with Gasteiger partial charge in [-0.3, -0.25) is 0 Å². The quantitative estimate of drug-likeness (QED) is 0.278. The summed E-state index contributed by atoms with van der Waals surface area (Å²) in [7, 11) is 0. The topological polar surface area (TPSA) is 97.5 Å². The van der Waals surface area contributed by atoms with Gasteiger partial charge in [0.2, 0.25) is 0 Å². The lowest BCUT2D eigenvalue weighted by atomic mass is 9.70. The van der Waals surface area contributed by atoms with Gasteiger partial charge in [-0.2, -0.15) is 9.28 Å². The van der Waals surface area contributed by atoms with Gasteiger partial charge < -0.3 is 19.8 Å². The zero-order valence-electron chi connectivity index (χ0n) is 26.7. The number of nitrogens with zero attached hydrogens (tertiary/aromatic N) is 1. The van der Waals surface area contributed by atoms with Gasteiger partial charge in [0.15, 0.2) is 5.54 Å². The Bertz CT molecular complexity index is 1570. The first-order chi connectivity index (χ1) is 20.9. The Morgan fingerprint density at radius 3 is 2.43 bits per heavy atom. The minimum atomic E-state index is -1.44. The van der Waals surface area contributed by atoms with Crippen LogP contribution in [0.25, 0.3) is 10.9 Å². The SMILES string of the molecule is C[C@H]1CCC[N@@+]1(C(=O)OCc1ccccc1)C(=O)[C@@](C)(Cc1c[nH]c2ccccc12)NC(=O)OC1C[C@H]2CCC1(C)C2(C)C. The van der Waals surface area contributed by atoms with Gasteiger partial charge in [-0.25, -0.2) is 9.59 Å². The van der Waals surface area contributed by atoms with Crippen molar-refractivity contribution in [3.63, 3.8) is 0 Å². The molecular formula is C36H46N3O5+. The summed E-state index contributed by atoms with van der Waals surface area (Å²) >= 11 is 0. The Kier molecular flexibility index (Phi) is 7.63. The van der Waals surface area contributed by atoms with Gasteiger partial charge in [-0.15, -0.1) is 0 Å². The highest BCUT2D eigenvalue weighted by Gasteiger charge is 2.64. The third kappa shape index (κ3) is 4.82. The van der Waals surface area contributed by atoms with Gasteiger partial charge in [0.1, 0.15) is 18.8 Å². The fraction of sp³-hybridized carbons (Fsp3) is 0.528. The lowest BCUT2D eigenvalue weighted by Gasteiger charge is -2.40. The molecule has 2 heterocycles. The Balaban J connectivity index is 1.31. The number of hydrogen-bond donors (Lipinski definition) is 2. The molecule has 2 aromatic carbocycles. The number of amides is 3. The smallest absolute Gasteiger partial charge is 0.446 e. The molecule has 3 amide bonds. The number of likely N-dealkylation sites (tertiary alicyclic amines) is 1. The van der Waals surface area contributed by atoms with E-state index in [1.807, 2.05) is 67.7 Å². The second-order valence-corrected chi connectivity index (χ2v) is 14.4. The highest BCUT2D eigenvalue weighted by Crippen LogP contribution is 2.66. The molecule has 2 bridgehead atoms. The van der Waals surface area contributed by atoms with E-state index in [2.05, 4.69) is 31.1 Å². The van der Waals surface area contributed by atoms with Crippen LogP contribution in [0.2, 0.25) is 0 Å². The van der Waals surface area contributed by atoms with Crippen molar-refractivity contribution < 1.29 is 28.3 Å². The summed E-state index contributed by atoms with van der Waals surface area (Å²) in [6, 6.07) is 17.1. The van der Waals surface area contributed by atoms with Gasteiger partial charge in [0.05, 0.1) is 6.54 Å². The number of rotatable bonds is 7. The van der Waals surface area contributed by atoms with Crippen molar-refractivity contribution in [2.75, 3.05) is 6.54 Å². The number of imide groups is 1. The molecule has 3 fully saturated rings. The van der Waals surface area contributed by atoms with Gasteiger partial charge in [-0.1, -0.05) is 69.3 Å². The standard InChI is InChI=1S/C36H45N3O5/c1-24-12-11-19-39(24,33(42)43-23-25-13-7-6-8-14-25)31(40)36(5,21-26-22-37-29-16-10-9-15-28(26)29)38-32(41)44-30-20-27-17-18-35(30,4)34(27,2)3/h6-10,13-16,22,24,27,30,37H,11-12,17-21,23H2,1-5H3/p+1/t24-,27+,30?,35?,36+,39-/m0/s1. The van der Waals surface area contributed by atoms with Crippen LogP contribution < -0.4 is 5.32 Å². The van der Waals surface area contributed by atoms with Crippen LogP contribution in [-0.4, -0.2) is 51.8 Å². The van der Waals surface area contributed by atoms with Crippen LogP contribution in [-0.2, 0) is 27.3 Å². The van der Waals surface area contributed by atoms with Crippen LogP contribution in [0.3, 0.4) is 0 Å². The van der Waals surface area contributed by atoms with Gasteiger partial charge in [-0.05, 0) is 61.6 Å². The number of benzene rings is 2. The molecule has 2 aliphatic carbocycles. The van der Waals surface area contributed by atoms with E-state index in [0.29, 0.717) is 25.3 Å². The molecule has 1 saturated heterocycles. The van der Waals surface area contributed by atoms with Crippen molar-refractivity contribution in [1.82, 2.24) is 10.3 Å². The van der Waals surface area contributed by atoms with E-state index in [1.165, 1.54) is 0 Å². The molecule has 3 aliphatic rings. The van der Waals surface area contributed by atoms with Crippen LogP contribution in [0.5, 0.6) is 0 Å². The number of H-pyrrole nitrogens is 1. The molecule has 0 spiro atoms. The fourth-order valence-corrected chi connectivity index (χ4v) is 8.53. The number of ether oxygens (including phenoxy) is 2. The first-order valence-electron chi connectivity index (χ1n) is 16.1. The number of aromatic amines is 1. The van der Waals surface area contributed by atoms with Crippen molar-refractivity contribution in [2.45, 2.75) is 97.4 Å². The molecule has 0 radical (unpaired) electrons. The first kappa shape index (κ1) is 30.4. The van der Waals surface area contributed by atoms with Crippen molar-refractivity contribution >= 4 is 29.0 Å². The maximum absolute atomic E-state index is 15.0. The Labute approximate surface area is 260 Å². The number of nitrogens with one attached hydrogen (secondary N) is 2. The van der Waals surface area contributed by atoms with E-state index in [9.17, 15) is 14.4 Å². The molecule has 2 saturated carbocycles. The van der Waals surface area contributed by atoms with E-state index < -0.39 is 22.2 Å². The molecule has 3 aromatic rings. The van der Waals surface area contributed by atoms with Crippen LogP contribution in [0.15, 0.2) is 60.8 Å². The number of quaternary nitrogens is 1. The zero-order chi connectivity index (χ0) is 31.3. The highest BCUT2D eigenvalue weighted by atomic mass is 16.6. The lowest BCUT2D eigenvalue weighted by molar-refractivity contribution is -0.795. The van der Waals surface area contributed by atoms with E-state index >= 15 is 0 Å². The number of aromatic nitrogens is 1. The summed E-state index contributed by atoms with van der Waals surface area (Å²) in [6.45, 7) is 10.8. The van der Waals surface area contributed by atoms with Gasteiger partial charge in [0.25, 0.3) is 0 Å². The summed E-state index contributed by atoms with van der Waals surface area (Å²) in [4.78, 5) is 46.1. The van der Waals surface area contributed by atoms with Crippen molar-refractivity contribution in [3.05, 3.63) is 71.9 Å². The molecule has 8 heteroatoms. The number of para-hydroxylation sites is 1. The summed E-state index contributed by atoms with van der Waals surface area (Å²) < 4.78 is 11.6. The maximum atomic E-state index is 15.0. The van der Waals surface area contributed by atoms with E-state index in [4.69, 9.17) is 9.47 Å². The average Bonchev–Trinajstić information content (AvgIpc) is 3.70. The van der Waals surface area contributed by atoms with Gasteiger partial charge in [0, 0.05) is 41.8 Å². The third-order valence-electron chi connectivity index (χ3n) is 11.8. The van der Waals surface area contributed by atoms with Crippen LogP contribution >= 0.6 is 0 Å². The molecule has 44 heavy (non-hydrogen) atoms. The molecule has 234 valence electrons. The van der Waals surface area contributed by atoms with E-state index in [1.54, 1.807) is 6.92 Å². The number of fused-ring (bicyclic) bond motifs is 3. The average molecular weight is 601 g/mol. The molecule has 1 aromatic heterocycles. The summed E-state index contributed by atoms with van der Waals surface area (Å²) in [5.74, 6) is 0.130. The Morgan fingerprint density at radius 1 is 1.05 bits per heavy atom. The minimum Gasteiger partial charge on any atom is -0.446 e. The van der Waals surface area contributed by atoms with Crippen molar-refractivity contribution in [3.8, 4) is 0 Å². The predicted molar refractivity (Wildman–Crippen MR) is 168 cm³/mol. The summed E-state index contributed by atoms with van der Waals surface area (Å²) in [5, 5.41) is 4.00. The van der Waals surface area contributed by atoms with Gasteiger partial charge >= 0.3 is 18.1 Å². The normalized spacial score (nSPS) is 30.2. The molecule has 6 rings (SSSR count). The molecule has 2 N–H and O–H groups in total. The van der Waals surface area contributed by atoms with Crippen molar-refractivity contribution in [1.29, 1.82) is 0 Å². The molecule has 1 aliphatic heterocycles. The number of alkyl carbamates (subject to hydrolysis) is 1. The van der Waals surface area contributed by atoms with Crippen LogP contribution in [0.4, 0.5) is 9.59 Å². The minimum absolute atomic E-state index is 0.0733. The maximum Gasteiger partial charge on any atom is 0.524 e. The highest BCUT2D eigenvalue weighted by molar-refractivity contribution is 5.92. The molecule has 6 atom stereocenters. The zero-order valence-corrected chi connectivity index (χ0v) is 26.7. The fourth-order valence-electron chi connectivity index (χ4n) is 8.53. The van der Waals surface area contributed by atoms with E-state index in [-0.39, 0.29) is 41.9 Å². The Morgan fingerprint density at radius 2 is 1.77 bits per heavy atom. The third-order valence-corrected chi connectivity index (χ3v) is 11.8. The summed E-state index contributed by atoms with van der Waals surface area (Å²) in [6.07, 6.45) is 5.05. The largest absolute Gasteiger partial charge is 0.524 e. The second-order valence-electron chi connectivity index (χ2n) is 14.4. The predicted octanol–water partition coefficient (Wildman–Crippen LogP) is 7.27. The molecular weight excluding hydrogens is 554 g/mol. The monoisotopic (exact) mass is 600 g/mol. The van der Waals surface area contributed by atoms with Crippen molar-refractivity contribution in [2.24, 2.45) is 16.7 Å². The summed E-state index contributed by atoms with van der Waals surface area (Å²) in [5.41, 5.74) is 1.18. The van der Waals surface area contributed by atoms with Crippen LogP contribution in [0.1, 0.15) is 77.8 Å². The van der Waals surface area contributed by atoms with E-state index in [0.717, 1.165) is 41.3 Å². The first-order valence-corrected chi connectivity index (χ1v) is 16.1. The number of carbonyl (C=O) groups excluding carboxylic acids is 3. The number of hydrogen-bond acceptors (Lipinski definition) is 5. The second kappa shape index (κ2) is 11.1. The molecule has 2 unspecified atom stereocenters. The number of carbonyl (C=O) groups is 3. The Hall–Kier alpha value is -3.65. The lowest BCUT2D eigenvalue weighted by Crippen LogP contribution is -2.70. The van der Waals surface area contributed by atoms with Crippen LogP contribution in [0, 0.1) is 16.7 Å².